The predicted octanol–water partition coefficient (Wildman–Crippen LogP) is 2.35. The van der Waals surface area contributed by atoms with Gasteiger partial charge in [0.2, 0.25) is 6.79 Å². The molecular weight excluding hydrogens is 382 g/mol. The third-order valence-electron chi connectivity index (χ3n) is 4.82. The van der Waals surface area contributed by atoms with Gasteiger partial charge in [-0.05, 0) is 29.8 Å². The van der Waals surface area contributed by atoms with Crippen LogP contribution < -0.4 is 14.8 Å². The van der Waals surface area contributed by atoms with E-state index in [9.17, 15) is 9.59 Å². The van der Waals surface area contributed by atoms with Gasteiger partial charge < -0.3 is 19.7 Å². The minimum absolute atomic E-state index is 0.260. The fourth-order valence-electron chi connectivity index (χ4n) is 3.29. The van der Waals surface area contributed by atoms with Crippen LogP contribution >= 0.6 is 11.6 Å². The van der Waals surface area contributed by atoms with E-state index in [1.54, 1.807) is 29.2 Å². The van der Waals surface area contributed by atoms with E-state index in [4.69, 9.17) is 21.1 Å². The number of halogens is 1. The van der Waals surface area contributed by atoms with Crippen molar-refractivity contribution in [2.24, 2.45) is 0 Å². The van der Waals surface area contributed by atoms with Gasteiger partial charge in [0.25, 0.3) is 0 Å². The van der Waals surface area contributed by atoms with Crippen molar-refractivity contribution in [2.75, 3.05) is 38.3 Å². The summed E-state index contributed by atoms with van der Waals surface area (Å²) < 4.78 is 10.7. The summed E-state index contributed by atoms with van der Waals surface area (Å²) in [6.07, 6.45) is 0. The van der Waals surface area contributed by atoms with Crippen molar-refractivity contribution in [1.82, 2.24) is 9.80 Å². The second-order valence-corrected chi connectivity index (χ2v) is 7.10. The molecule has 7 nitrogen and oxygen atoms in total. The molecule has 8 heteroatoms. The molecule has 1 saturated heterocycles. The van der Waals surface area contributed by atoms with E-state index < -0.39 is 11.8 Å². The quantitative estimate of drug-likeness (QED) is 0.799. The van der Waals surface area contributed by atoms with E-state index in [0.29, 0.717) is 36.9 Å². The summed E-state index contributed by atoms with van der Waals surface area (Å²) in [5.41, 5.74) is 1.56. The van der Waals surface area contributed by atoms with Crippen LogP contribution in [0, 0.1) is 0 Å². The number of rotatable bonds is 3. The topological polar surface area (TPSA) is 71.1 Å². The van der Waals surface area contributed by atoms with Crippen molar-refractivity contribution in [1.29, 1.82) is 0 Å². The number of fused-ring (bicyclic) bond motifs is 1. The monoisotopic (exact) mass is 401 g/mol. The van der Waals surface area contributed by atoms with Gasteiger partial charge in [0.15, 0.2) is 11.5 Å². The smallest absolute Gasteiger partial charge is 0.313 e. The molecule has 0 atom stereocenters. The van der Waals surface area contributed by atoms with Crippen LogP contribution in [0.3, 0.4) is 0 Å². The lowest BCUT2D eigenvalue weighted by molar-refractivity contribution is -0.144. The van der Waals surface area contributed by atoms with Crippen molar-refractivity contribution >= 4 is 29.1 Å². The Balaban J connectivity index is 1.29. The summed E-state index contributed by atoms with van der Waals surface area (Å²) in [6.45, 7) is 3.40. The first-order chi connectivity index (χ1) is 13.6. The van der Waals surface area contributed by atoms with Gasteiger partial charge in [0.1, 0.15) is 0 Å². The summed E-state index contributed by atoms with van der Waals surface area (Å²) in [5, 5.41) is 2.98. The zero-order chi connectivity index (χ0) is 19.5. The van der Waals surface area contributed by atoms with E-state index in [-0.39, 0.29) is 6.79 Å². The number of nitrogens with one attached hydrogen (secondary N) is 1. The summed E-state index contributed by atoms with van der Waals surface area (Å²) in [6, 6.07) is 12.8. The first-order valence-corrected chi connectivity index (χ1v) is 9.43. The van der Waals surface area contributed by atoms with Gasteiger partial charge in [-0.1, -0.05) is 29.8 Å². The van der Waals surface area contributed by atoms with Crippen LogP contribution in [0.4, 0.5) is 5.69 Å². The van der Waals surface area contributed by atoms with E-state index in [1.165, 1.54) is 0 Å². The van der Waals surface area contributed by atoms with Crippen LogP contribution in [0.25, 0.3) is 0 Å². The molecule has 0 aliphatic carbocycles. The molecule has 2 aliphatic rings. The van der Waals surface area contributed by atoms with Gasteiger partial charge in [-0.3, -0.25) is 14.5 Å². The standard InChI is InChI=1S/C20H20ClN3O4/c21-15-3-1-2-4-16(15)22-19(25)20(26)24-9-7-23(8-10-24)12-14-5-6-17-18(11-14)28-13-27-17/h1-6,11H,7-10,12-13H2,(H,22,25). The molecule has 2 amide bonds. The van der Waals surface area contributed by atoms with Gasteiger partial charge >= 0.3 is 11.8 Å². The van der Waals surface area contributed by atoms with Crippen molar-refractivity contribution in [2.45, 2.75) is 6.54 Å². The fourth-order valence-corrected chi connectivity index (χ4v) is 3.47. The molecule has 2 aromatic rings. The highest BCUT2D eigenvalue weighted by Gasteiger charge is 2.26. The van der Waals surface area contributed by atoms with Crippen molar-refractivity contribution in [3.8, 4) is 11.5 Å². The van der Waals surface area contributed by atoms with Crippen LogP contribution in [-0.4, -0.2) is 54.6 Å². The molecule has 2 aromatic carbocycles. The fraction of sp³-hybridized carbons (Fsp3) is 0.300. The van der Waals surface area contributed by atoms with Gasteiger partial charge in [0, 0.05) is 32.7 Å². The van der Waals surface area contributed by atoms with Gasteiger partial charge in [-0.15, -0.1) is 0 Å². The number of para-hydroxylation sites is 1. The number of carbonyl (C=O) groups is 2. The van der Waals surface area contributed by atoms with E-state index in [0.717, 1.165) is 23.6 Å². The van der Waals surface area contributed by atoms with Crippen LogP contribution in [0.5, 0.6) is 11.5 Å². The number of anilines is 1. The third kappa shape index (κ3) is 4.05. The summed E-state index contributed by atoms with van der Waals surface area (Å²) >= 11 is 6.03. The Morgan fingerprint density at radius 1 is 1.00 bits per heavy atom. The summed E-state index contributed by atoms with van der Waals surface area (Å²) in [5.74, 6) is 0.325. The van der Waals surface area contributed by atoms with Crippen molar-refractivity contribution in [3.63, 3.8) is 0 Å². The van der Waals surface area contributed by atoms with Crippen LogP contribution in [0.2, 0.25) is 5.02 Å². The van der Waals surface area contributed by atoms with Gasteiger partial charge in [-0.2, -0.15) is 0 Å². The number of piperazine rings is 1. The normalized spacial score (nSPS) is 16.1. The first-order valence-electron chi connectivity index (χ1n) is 9.06. The lowest BCUT2D eigenvalue weighted by Gasteiger charge is -2.34. The highest BCUT2D eigenvalue weighted by atomic mass is 35.5. The maximum atomic E-state index is 12.4. The Bertz CT molecular complexity index is 897. The minimum Gasteiger partial charge on any atom is -0.454 e. The van der Waals surface area contributed by atoms with Gasteiger partial charge in [0.05, 0.1) is 10.7 Å². The Kier molecular flexibility index (Phi) is 5.36. The van der Waals surface area contributed by atoms with Crippen molar-refractivity contribution in [3.05, 3.63) is 53.1 Å². The average Bonchev–Trinajstić information content (AvgIpc) is 3.17. The molecule has 28 heavy (non-hydrogen) atoms. The molecule has 2 aliphatic heterocycles. The second-order valence-electron chi connectivity index (χ2n) is 6.69. The summed E-state index contributed by atoms with van der Waals surface area (Å²) in [4.78, 5) is 28.5. The van der Waals surface area contributed by atoms with Crippen LogP contribution in [0.1, 0.15) is 5.56 Å². The highest BCUT2D eigenvalue weighted by Crippen LogP contribution is 2.32. The second kappa shape index (κ2) is 8.08. The molecule has 1 N–H and O–H groups in total. The number of hydrogen-bond donors (Lipinski definition) is 1. The van der Waals surface area contributed by atoms with E-state index in [2.05, 4.69) is 10.2 Å². The Morgan fingerprint density at radius 2 is 1.75 bits per heavy atom. The molecule has 146 valence electrons. The maximum Gasteiger partial charge on any atom is 0.313 e. The van der Waals surface area contributed by atoms with Crippen LogP contribution in [0.15, 0.2) is 42.5 Å². The molecule has 2 heterocycles. The van der Waals surface area contributed by atoms with Crippen molar-refractivity contribution < 1.29 is 19.1 Å². The zero-order valence-corrected chi connectivity index (χ0v) is 15.9. The lowest BCUT2D eigenvalue weighted by Crippen LogP contribution is -2.51. The van der Waals surface area contributed by atoms with Gasteiger partial charge in [-0.25, -0.2) is 0 Å². The molecule has 0 radical (unpaired) electrons. The van der Waals surface area contributed by atoms with E-state index >= 15 is 0 Å². The number of nitrogens with zero attached hydrogens (tertiary/aromatic N) is 2. The predicted molar refractivity (Wildman–Crippen MR) is 105 cm³/mol. The number of amides is 2. The molecule has 0 unspecified atom stereocenters. The Labute approximate surface area is 167 Å². The molecule has 0 aromatic heterocycles. The number of ether oxygens (including phenoxy) is 2. The molecular formula is C20H20ClN3O4. The number of carbonyl (C=O) groups excluding carboxylic acids is 2. The number of benzene rings is 2. The molecule has 4 rings (SSSR count). The minimum atomic E-state index is -0.669. The maximum absolute atomic E-state index is 12.4. The molecule has 0 bridgehead atoms. The lowest BCUT2D eigenvalue weighted by atomic mass is 10.1. The largest absolute Gasteiger partial charge is 0.454 e. The molecule has 0 saturated carbocycles. The Morgan fingerprint density at radius 3 is 2.54 bits per heavy atom. The molecule has 1 fully saturated rings. The van der Waals surface area contributed by atoms with E-state index in [1.807, 2.05) is 18.2 Å². The first kappa shape index (κ1) is 18.6. The Hall–Kier alpha value is -2.77. The summed E-state index contributed by atoms with van der Waals surface area (Å²) in [7, 11) is 0. The SMILES string of the molecule is O=C(Nc1ccccc1Cl)C(=O)N1CCN(Cc2ccc3c(c2)OCO3)CC1. The average molecular weight is 402 g/mol. The highest BCUT2D eigenvalue weighted by molar-refractivity contribution is 6.41. The molecule has 0 spiro atoms. The zero-order valence-electron chi connectivity index (χ0n) is 15.2. The third-order valence-corrected chi connectivity index (χ3v) is 5.15. The number of hydrogen-bond acceptors (Lipinski definition) is 5. The van der Waals surface area contributed by atoms with Crippen LogP contribution in [-0.2, 0) is 16.1 Å².